The van der Waals surface area contributed by atoms with Crippen LogP contribution in [0.25, 0.3) is 5.69 Å². The van der Waals surface area contributed by atoms with Crippen LogP contribution >= 0.6 is 0 Å². The first-order chi connectivity index (χ1) is 15.3. The first-order valence-electron chi connectivity index (χ1n) is 11.1. The van der Waals surface area contributed by atoms with Gasteiger partial charge in [-0.1, -0.05) is 37.5 Å². The van der Waals surface area contributed by atoms with Gasteiger partial charge in [-0.3, -0.25) is 19.9 Å². The Bertz CT molecular complexity index is 1030. The second kappa shape index (κ2) is 8.74. The van der Waals surface area contributed by atoms with Crippen molar-refractivity contribution >= 4 is 17.8 Å². The molecule has 1 aliphatic heterocycles. The molecule has 0 bridgehead atoms. The topological polar surface area (TPSA) is 99.6 Å². The summed E-state index contributed by atoms with van der Waals surface area (Å²) in [5, 5.41) is 8.30. The highest BCUT2D eigenvalue weighted by atomic mass is 16.2. The Morgan fingerprint density at radius 2 is 1.84 bits per heavy atom. The maximum absolute atomic E-state index is 12.8. The van der Waals surface area contributed by atoms with E-state index in [0.717, 1.165) is 46.9 Å². The summed E-state index contributed by atoms with van der Waals surface area (Å²) in [6.07, 6.45) is 4.08. The van der Waals surface area contributed by atoms with Crippen molar-refractivity contribution in [3.8, 4) is 5.69 Å². The molecule has 1 aliphatic carbocycles. The third-order valence-electron chi connectivity index (χ3n) is 6.39. The number of likely N-dealkylation sites (N-methyl/N-ethyl adjacent to an activating group) is 1. The van der Waals surface area contributed by atoms with Gasteiger partial charge in [0.2, 0.25) is 0 Å². The molecule has 9 nitrogen and oxygen atoms in total. The van der Waals surface area contributed by atoms with Crippen molar-refractivity contribution in [2.24, 2.45) is 0 Å². The molecule has 0 atom stereocenters. The zero-order valence-electron chi connectivity index (χ0n) is 18.9. The molecular weight excluding hydrogens is 408 g/mol. The van der Waals surface area contributed by atoms with E-state index in [2.05, 4.69) is 15.8 Å². The standard InChI is InChI=1S/C23H30N6O3/c1-16-19(17(2)28(25-16)18-10-6-4-7-11-18)14-27(3)15-20(30)26-29-21(31)23(24-22(29)32)12-8-5-9-13-23/h4,6-7,10-11H,5,8-9,12-15H2,1-3H3,(H,24,32)(H,26,30). The van der Waals surface area contributed by atoms with E-state index in [1.54, 1.807) is 0 Å². The molecule has 0 unspecified atom stereocenters. The van der Waals surface area contributed by atoms with Gasteiger partial charge in [0.15, 0.2) is 0 Å². The van der Waals surface area contributed by atoms with Crippen LogP contribution in [0.15, 0.2) is 30.3 Å². The number of nitrogens with zero attached hydrogens (tertiary/aromatic N) is 4. The molecule has 1 spiro atoms. The lowest BCUT2D eigenvalue weighted by atomic mass is 9.82. The minimum absolute atomic E-state index is 0.0411. The molecular formula is C23H30N6O3. The molecule has 4 amide bonds. The molecule has 2 aliphatic rings. The van der Waals surface area contributed by atoms with Gasteiger partial charge in [0.05, 0.1) is 17.9 Å². The molecule has 1 aromatic carbocycles. The highest BCUT2D eigenvalue weighted by Gasteiger charge is 2.52. The van der Waals surface area contributed by atoms with E-state index in [9.17, 15) is 14.4 Å². The number of hydrogen-bond acceptors (Lipinski definition) is 5. The van der Waals surface area contributed by atoms with Crippen LogP contribution in [0.5, 0.6) is 0 Å². The monoisotopic (exact) mass is 438 g/mol. The Morgan fingerprint density at radius 1 is 1.16 bits per heavy atom. The predicted octanol–water partition coefficient (Wildman–Crippen LogP) is 2.21. The smallest absolute Gasteiger partial charge is 0.322 e. The van der Waals surface area contributed by atoms with Crippen molar-refractivity contribution in [1.29, 1.82) is 0 Å². The minimum Gasteiger partial charge on any atom is -0.322 e. The van der Waals surface area contributed by atoms with Crippen molar-refractivity contribution in [3.05, 3.63) is 47.3 Å². The fraction of sp³-hybridized carbons (Fsp3) is 0.478. The number of rotatable bonds is 6. The number of para-hydroxylation sites is 1. The third-order valence-corrected chi connectivity index (χ3v) is 6.39. The van der Waals surface area contributed by atoms with Crippen LogP contribution in [0, 0.1) is 13.8 Å². The number of hydrazine groups is 1. The van der Waals surface area contributed by atoms with Crippen LogP contribution in [-0.4, -0.2) is 56.7 Å². The molecule has 0 radical (unpaired) electrons. The zero-order valence-corrected chi connectivity index (χ0v) is 18.9. The molecule has 32 heavy (non-hydrogen) atoms. The average Bonchev–Trinajstić information content (AvgIpc) is 3.17. The van der Waals surface area contributed by atoms with Gasteiger partial charge in [-0.25, -0.2) is 9.48 Å². The van der Waals surface area contributed by atoms with E-state index in [4.69, 9.17) is 0 Å². The quantitative estimate of drug-likeness (QED) is 0.674. The Hall–Kier alpha value is -3.20. The fourth-order valence-electron chi connectivity index (χ4n) is 4.67. The second-order valence-electron chi connectivity index (χ2n) is 8.82. The summed E-state index contributed by atoms with van der Waals surface area (Å²) in [6, 6.07) is 9.34. The van der Waals surface area contributed by atoms with Crippen LogP contribution in [0.3, 0.4) is 0 Å². The number of nitrogens with one attached hydrogen (secondary N) is 2. The lowest BCUT2D eigenvalue weighted by Crippen LogP contribution is -2.52. The largest absolute Gasteiger partial charge is 0.344 e. The number of carbonyl (C=O) groups is 3. The van der Waals surface area contributed by atoms with E-state index in [-0.39, 0.29) is 12.5 Å². The van der Waals surface area contributed by atoms with Gasteiger partial charge in [0, 0.05) is 17.8 Å². The number of benzene rings is 1. The van der Waals surface area contributed by atoms with Crippen LogP contribution in [0.2, 0.25) is 0 Å². The van der Waals surface area contributed by atoms with E-state index in [1.807, 2.05) is 60.8 Å². The van der Waals surface area contributed by atoms with Crippen LogP contribution < -0.4 is 10.7 Å². The van der Waals surface area contributed by atoms with Crippen molar-refractivity contribution in [1.82, 2.24) is 30.4 Å². The molecule has 2 aromatic rings. The average molecular weight is 439 g/mol. The van der Waals surface area contributed by atoms with Gasteiger partial charge < -0.3 is 5.32 Å². The van der Waals surface area contributed by atoms with Crippen LogP contribution in [0.1, 0.15) is 49.1 Å². The van der Waals surface area contributed by atoms with Crippen LogP contribution in [0.4, 0.5) is 4.79 Å². The number of hydrogen-bond donors (Lipinski definition) is 2. The Labute approximate surface area is 187 Å². The predicted molar refractivity (Wildman–Crippen MR) is 119 cm³/mol. The summed E-state index contributed by atoms with van der Waals surface area (Å²) in [5.74, 6) is -0.761. The molecule has 1 saturated carbocycles. The molecule has 2 fully saturated rings. The highest BCUT2D eigenvalue weighted by molar-refractivity contribution is 6.08. The summed E-state index contributed by atoms with van der Waals surface area (Å²) in [7, 11) is 1.83. The van der Waals surface area contributed by atoms with E-state index < -0.39 is 17.5 Å². The Morgan fingerprint density at radius 3 is 2.53 bits per heavy atom. The number of aromatic nitrogens is 2. The molecule has 4 rings (SSSR count). The minimum atomic E-state index is -0.852. The van der Waals surface area contributed by atoms with Crippen molar-refractivity contribution in [2.45, 2.75) is 58.0 Å². The summed E-state index contributed by atoms with van der Waals surface area (Å²) in [4.78, 5) is 39.6. The van der Waals surface area contributed by atoms with Crippen LogP contribution in [-0.2, 0) is 16.1 Å². The van der Waals surface area contributed by atoms with E-state index in [1.165, 1.54) is 0 Å². The van der Waals surface area contributed by atoms with Gasteiger partial charge in [-0.15, -0.1) is 0 Å². The first-order valence-corrected chi connectivity index (χ1v) is 11.1. The van der Waals surface area contributed by atoms with Gasteiger partial charge in [0.1, 0.15) is 5.54 Å². The first kappa shape index (κ1) is 22.0. The number of amides is 4. The molecule has 2 heterocycles. The summed E-state index contributed by atoms with van der Waals surface area (Å²) in [6.45, 7) is 4.51. The van der Waals surface area contributed by atoms with Gasteiger partial charge in [-0.2, -0.15) is 10.1 Å². The lowest BCUT2D eigenvalue weighted by molar-refractivity contribution is -0.140. The van der Waals surface area contributed by atoms with Gasteiger partial charge in [-0.05, 0) is 45.9 Å². The molecule has 170 valence electrons. The molecule has 1 saturated heterocycles. The summed E-state index contributed by atoms with van der Waals surface area (Å²) in [5.41, 5.74) is 5.57. The summed E-state index contributed by atoms with van der Waals surface area (Å²) >= 11 is 0. The molecule has 1 aromatic heterocycles. The van der Waals surface area contributed by atoms with Gasteiger partial charge >= 0.3 is 6.03 Å². The lowest BCUT2D eigenvalue weighted by Gasteiger charge is -2.30. The number of urea groups is 1. The highest BCUT2D eigenvalue weighted by Crippen LogP contribution is 2.33. The van der Waals surface area contributed by atoms with Crippen molar-refractivity contribution < 1.29 is 14.4 Å². The fourth-order valence-corrected chi connectivity index (χ4v) is 4.67. The molecule has 9 heteroatoms. The molecule has 2 N–H and O–H groups in total. The van der Waals surface area contributed by atoms with Crippen molar-refractivity contribution in [3.63, 3.8) is 0 Å². The number of imide groups is 1. The third kappa shape index (κ3) is 4.12. The number of aryl methyl sites for hydroxylation is 1. The maximum atomic E-state index is 12.8. The zero-order chi connectivity index (χ0) is 22.9. The van der Waals surface area contributed by atoms with Gasteiger partial charge in [0.25, 0.3) is 11.8 Å². The van der Waals surface area contributed by atoms with E-state index >= 15 is 0 Å². The Balaban J connectivity index is 1.38. The normalized spacial score (nSPS) is 17.8. The second-order valence-corrected chi connectivity index (χ2v) is 8.82. The summed E-state index contributed by atoms with van der Waals surface area (Å²) < 4.78 is 1.90. The Kier molecular flexibility index (Phi) is 6.01. The SMILES string of the molecule is Cc1nn(-c2ccccc2)c(C)c1CN(C)CC(=O)NN1C(=O)NC2(CCCCC2)C1=O. The maximum Gasteiger partial charge on any atom is 0.344 e. The number of carbonyl (C=O) groups excluding carboxylic acids is 3. The van der Waals surface area contributed by atoms with Crippen molar-refractivity contribution in [2.75, 3.05) is 13.6 Å². The van der Waals surface area contributed by atoms with E-state index in [0.29, 0.717) is 19.4 Å².